The molecule has 3 atom stereocenters. The van der Waals surface area contributed by atoms with E-state index in [1.54, 1.807) is 7.11 Å². The van der Waals surface area contributed by atoms with Crippen LogP contribution in [0.4, 0.5) is 0 Å². The van der Waals surface area contributed by atoms with Crippen LogP contribution in [0.2, 0.25) is 0 Å². The second-order valence-electron chi connectivity index (χ2n) is 8.74. The van der Waals surface area contributed by atoms with Gasteiger partial charge in [-0.15, -0.1) is 0 Å². The Balaban J connectivity index is 1.39. The van der Waals surface area contributed by atoms with Crippen LogP contribution in [0.5, 0.6) is 0 Å². The van der Waals surface area contributed by atoms with Gasteiger partial charge in [0.2, 0.25) is 0 Å². The van der Waals surface area contributed by atoms with Crippen LogP contribution in [0, 0.1) is 5.92 Å². The van der Waals surface area contributed by atoms with Crippen molar-refractivity contribution in [1.29, 1.82) is 0 Å². The third kappa shape index (κ3) is 4.87. The van der Waals surface area contributed by atoms with E-state index >= 15 is 0 Å². The average Bonchev–Trinajstić information content (AvgIpc) is 2.84. The highest BCUT2D eigenvalue weighted by molar-refractivity contribution is 5.89. The topological polar surface area (TPSA) is 59.1 Å². The molecule has 6 nitrogen and oxygen atoms in total. The first-order chi connectivity index (χ1) is 15.6. The molecule has 0 aromatic heterocycles. The summed E-state index contributed by atoms with van der Waals surface area (Å²) in [6.45, 7) is 3.59. The molecule has 0 N–H and O–H groups in total. The fraction of sp³-hybridized carbons (Fsp3) is 0.462. The Morgan fingerprint density at radius 1 is 1.00 bits per heavy atom. The Morgan fingerprint density at radius 3 is 2.44 bits per heavy atom. The summed E-state index contributed by atoms with van der Waals surface area (Å²) in [7, 11) is 3.01. The van der Waals surface area contributed by atoms with Crippen molar-refractivity contribution < 1.29 is 19.1 Å². The quantitative estimate of drug-likeness (QED) is 0.647. The number of piperidine rings is 2. The molecule has 2 aliphatic rings. The van der Waals surface area contributed by atoms with E-state index < -0.39 is 6.10 Å². The molecular formula is C26H32N2O4. The van der Waals surface area contributed by atoms with Gasteiger partial charge >= 0.3 is 5.97 Å². The third-order valence-corrected chi connectivity index (χ3v) is 6.78. The van der Waals surface area contributed by atoms with E-state index in [9.17, 15) is 9.59 Å². The van der Waals surface area contributed by atoms with Crippen LogP contribution in [-0.2, 0) is 20.8 Å². The normalized spacial score (nSPS) is 22.1. The summed E-state index contributed by atoms with van der Waals surface area (Å²) in [5.74, 6) is 0.249. The number of hydrogen-bond acceptors (Lipinski definition) is 5. The molecule has 1 amide bonds. The van der Waals surface area contributed by atoms with Crippen molar-refractivity contribution in [3.8, 4) is 0 Å². The van der Waals surface area contributed by atoms with Crippen LogP contribution in [0.25, 0.3) is 0 Å². The molecule has 2 aliphatic heterocycles. The molecule has 6 heteroatoms. The number of ether oxygens (including phenoxy) is 2. The molecule has 0 aliphatic carbocycles. The van der Waals surface area contributed by atoms with E-state index in [1.807, 2.05) is 54.6 Å². The van der Waals surface area contributed by atoms with Crippen LogP contribution in [0.1, 0.15) is 46.9 Å². The predicted octanol–water partition coefficient (Wildman–Crippen LogP) is 3.67. The Morgan fingerprint density at radius 2 is 1.75 bits per heavy atom. The molecule has 2 heterocycles. The van der Waals surface area contributed by atoms with Crippen molar-refractivity contribution in [3.63, 3.8) is 0 Å². The van der Waals surface area contributed by atoms with Crippen molar-refractivity contribution in [2.45, 2.75) is 38.0 Å². The number of fused-ring (bicyclic) bond motifs is 1. The van der Waals surface area contributed by atoms with Crippen molar-refractivity contribution in [2.24, 2.45) is 5.92 Å². The molecule has 0 radical (unpaired) electrons. The van der Waals surface area contributed by atoms with Gasteiger partial charge in [0.15, 0.2) is 6.10 Å². The van der Waals surface area contributed by atoms with Gasteiger partial charge < -0.3 is 14.4 Å². The summed E-state index contributed by atoms with van der Waals surface area (Å²) in [6, 6.07) is 17.7. The lowest BCUT2D eigenvalue weighted by Crippen LogP contribution is -2.56. The number of benzene rings is 2. The van der Waals surface area contributed by atoms with E-state index in [0.717, 1.165) is 51.0 Å². The van der Waals surface area contributed by atoms with E-state index in [4.69, 9.17) is 9.47 Å². The average molecular weight is 437 g/mol. The Hall–Kier alpha value is -2.70. The molecule has 2 saturated heterocycles. The highest BCUT2D eigenvalue weighted by atomic mass is 16.5. The van der Waals surface area contributed by atoms with Gasteiger partial charge in [-0.05, 0) is 48.4 Å². The smallest absolute Gasteiger partial charge is 0.337 e. The van der Waals surface area contributed by atoms with Crippen molar-refractivity contribution >= 4 is 11.9 Å². The van der Waals surface area contributed by atoms with Crippen molar-refractivity contribution in [1.82, 2.24) is 9.80 Å². The molecule has 2 aromatic rings. The zero-order valence-electron chi connectivity index (χ0n) is 18.9. The Kier molecular flexibility index (Phi) is 7.22. The summed E-state index contributed by atoms with van der Waals surface area (Å²) < 4.78 is 10.4. The number of amides is 1. The summed E-state index contributed by atoms with van der Waals surface area (Å²) in [5.41, 5.74) is 2.67. The third-order valence-electron chi connectivity index (χ3n) is 6.78. The van der Waals surface area contributed by atoms with Gasteiger partial charge in [0.1, 0.15) is 0 Å². The minimum absolute atomic E-state index is 0.0836. The number of esters is 1. The molecule has 0 saturated carbocycles. The lowest BCUT2D eigenvalue weighted by Gasteiger charge is -2.48. The summed E-state index contributed by atoms with van der Waals surface area (Å²) in [4.78, 5) is 29.6. The van der Waals surface area contributed by atoms with E-state index in [1.165, 1.54) is 12.7 Å². The van der Waals surface area contributed by atoms with Gasteiger partial charge in [-0.1, -0.05) is 42.5 Å². The van der Waals surface area contributed by atoms with E-state index in [2.05, 4.69) is 9.80 Å². The largest absolute Gasteiger partial charge is 0.465 e. The number of hydrogen-bond donors (Lipinski definition) is 0. The highest BCUT2D eigenvalue weighted by Gasteiger charge is 2.40. The minimum Gasteiger partial charge on any atom is -0.465 e. The standard InChI is InChI=1S/C26H32N2O4/c1-31-24(20-7-4-3-5-8-20)25(29)28-15-6-9-22-18-27(16-14-23(22)28)17-19-10-12-21(13-11-19)26(30)32-2/h3-5,7-8,10-13,22-24H,6,9,14-18H2,1-2H3/t22-,23+,24-/m1/s1. The van der Waals surface area contributed by atoms with Crippen LogP contribution in [0.3, 0.4) is 0 Å². The van der Waals surface area contributed by atoms with Crippen LogP contribution in [-0.4, -0.2) is 61.6 Å². The second-order valence-corrected chi connectivity index (χ2v) is 8.74. The molecule has 0 spiro atoms. The van der Waals surface area contributed by atoms with Gasteiger partial charge in [-0.25, -0.2) is 4.79 Å². The van der Waals surface area contributed by atoms with E-state index in [0.29, 0.717) is 11.5 Å². The molecular weight excluding hydrogens is 404 g/mol. The minimum atomic E-state index is -0.540. The Bertz CT molecular complexity index is 915. The molecule has 2 aromatic carbocycles. The first-order valence-corrected chi connectivity index (χ1v) is 11.4. The summed E-state index contributed by atoms with van der Waals surface area (Å²) >= 11 is 0. The molecule has 0 unspecified atom stereocenters. The lowest BCUT2D eigenvalue weighted by molar-refractivity contribution is -0.149. The van der Waals surface area contributed by atoms with Gasteiger partial charge in [0.05, 0.1) is 12.7 Å². The van der Waals surface area contributed by atoms with Crippen molar-refractivity contribution in [3.05, 3.63) is 71.3 Å². The molecule has 2 fully saturated rings. The van der Waals surface area contributed by atoms with Crippen LogP contribution < -0.4 is 0 Å². The summed E-state index contributed by atoms with van der Waals surface area (Å²) in [5, 5.41) is 0. The number of rotatable bonds is 6. The van der Waals surface area contributed by atoms with Gasteiger partial charge in [-0.2, -0.15) is 0 Å². The number of nitrogens with zero attached hydrogens (tertiary/aromatic N) is 2. The number of likely N-dealkylation sites (tertiary alicyclic amines) is 2. The fourth-order valence-corrected chi connectivity index (χ4v) is 5.18. The first-order valence-electron chi connectivity index (χ1n) is 11.4. The van der Waals surface area contributed by atoms with Crippen LogP contribution >= 0.6 is 0 Å². The highest BCUT2D eigenvalue weighted by Crippen LogP contribution is 2.33. The summed E-state index contributed by atoms with van der Waals surface area (Å²) in [6.07, 6.45) is 2.61. The second kappa shape index (κ2) is 10.3. The van der Waals surface area contributed by atoms with Crippen molar-refractivity contribution in [2.75, 3.05) is 33.9 Å². The maximum atomic E-state index is 13.4. The SMILES string of the molecule is COC(=O)c1ccc(CN2CC[C@H]3[C@H](CCCN3C(=O)[C@H](OC)c3ccccc3)C2)cc1. The molecule has 170 valence electrons. The van der Waals surface area contributed by atoms with Crippen LogP contribution in [0.15, 0.2) is 54.6 Å². The number of carbonyl (C=O) groups is 2. The van der Waals surface area contributed by atoms with Gasteiger partial charge in [-0.3, -0.25) is 9.69 Å². The Labute approximate surface area is 190 Å². The van der Waals surface area contributed by atoms with Gasteiger partial charge in [0.25, 0.3) is 5.91 Å². The zero-order valence-corrected chi connectivity index (χ0v) is 18.9. The maximum Gasteiger partial charge on any atom is 0.337 e. The number of methoxy groups -OCH3 is 2. The fourth-order valence-electron chi connectivity index (χ4n) is 5.18. The molecule has 32 heavy (non-hydrogen) atoms. The number of carbonyl (C=O) groups excluding carboxylic acids is 2. The first kappa shape index (κ1) is 22.5. The van der Waals surface area contributed by atoms with E-state index in [-0.39, 0.29) is 17.9 Å². The monoisotopic (exact) mass is 436 g/mol. The maximum absolute atomic E-state index is 13.4. The molecule has 0 bridgehead atoms. The molecule has 4 rings (SSSR count). The zero-order chi connectivity index (χ0) is 22.5. The lowest BCUT2D eigenvalue weighted by atomic mass is 9.83. The van der Waals surface area contributed by atoms with Gasteiger partial charge in [0, 0.05) is 39.3 Å². The predicted molar refractivity (Wildman–Crippen MR) is 122 cm³/mol.